The molecule has 1 heterocycles. The molecule has 4 aromatic rings. The molecule has 6 heteroatoms. The molecule has 1 N–H and O–H groups in total. The van der Waals surface area contributed by atoms with E-state index in [1.807, 2.05) is 54.6 Å². The highest BCUT2D eigenvalue weighted by Crippen LogP contribution is 2.36. The second-order valence-corrected chi connectivity index (χ2v) is 9.23. The lowest BCUT2D eigenvalue weighted by Gasteiger charge is -2.17. The van der Waals surface area contributed by atoms with Gasteiger partial charge in [-0.25, -0.2) is 0 Å². The number of amides is 1. The molecule has 0 bridgehead atoms. The molecule has 186 valence electrons. The molecule has 0 aliphatic carbocycles. The number of non-ortho nitro benzene ring substituents is 1. The third-order valence-corrected chi connectivity index (χ3v) is 6.62. The number of carbonyl (C=O) groups excluding carboxylic acids is 1. The average Bonchev–Trinajstić information content (AvgIpc) is 3.25. The smallest absolute Gasteiger partial charge is 0.270 e. The van der Waals surface area contributed by atoms with E-state index in [1.165, 1.54) is 6.42 Å². The molecule has 0 fully saturated rings. The zero-order valence-corrected chi connectivity index (χ0v) is 20.7. The van der Waals surface area contributed by atoms with E-state index in [-0.39, 0.29) is 28.9 Å². The molecule has 6 nitrogen and oxygen atoms in total. The van der Waals surface area contributed by atoms with Crippen LogP contribution in [0, 0.1) is 10.1 Å². The fraction of sp³-hybridized carbons (Fsp3) is 0.300. The number of nitrogens with one attached hydrogen (secondary N) is 1. The molecule has 1 atom stereocenters. The van der Waals surface area contributed by atoms with Gasteiger partial charge in [0.1, 0.15) is 0 Å². The number of nitrogens with zero attached hydrogens (tertiary/aromatic N) is 2. The predicted octanol–water partition coefficient (Wildman–Crippen LogP) is 6.82. The molecule has 1 aromatic heterocycles. The van der Waals surface area contributed by atoms with Crippen molar-refractivity contribution in [2.45, 2.75) is 51.5 Å². The van der Waals surface area contributed by atoms with Crippen molar-refractivity contribution in [3.8, 4) is 0 Å². The van der Waals surface area contributed by atoms with Crippen molar-refractivity contribution < 1.29 is 9.72 Å². The number of rotatable bonds is 12. The van der Waals surface area contributed by atoms with E-state index >= 15 is 0 Å². The summed E-state index contributed by atoms with van der Waals surface area (Å²) in [4.78, 5) is 24.3. The number of aromatic nitrogens is 1. The van der Waals surface area contributed by atoms with Gasteiger partial charge in [-0.2, -0.15) is 0 Å². The Bertz CT molecular complexity index is 1300. The topological polar surface area (TPSA) is 77.2 Å². The molecule has 36 heavy (non-hydrogen) atoms. The zero-order chi connectivity index (χ0) is 25.3. The highest BCUT2D eigenvalue weighted by Gasteiger charge is 2.24. The van der Waals surface area contributed by atoms with Crippen LogP contribution in [0.5, 0.6) is 0 Å². The van der Waals surface area contributed by atoms with Gasteiger partial charge in [0, 0.05) is 54.7 Å². The van der Waals surface area contributed by atoms with E-state index < -0.39 is 0 Å². The predicted molar refractivity (Wildman–Crippen MR) is 144 cm³/mol. The van der Waals surface area contributed by atoms with Crippen LogP contribution in [-0.4, -0.2) is 21.9 Å². The first kappa shape index (κ1) is 25.2. The van der Waals surface area contributed by atoms with Crippen molar-refractivity contribution in [3.05, 3.63) is 112 Å². The molecule has 0 aliphatic heterocycles. The monoisotopic (exact) mass is 483 g/mol. The minimum Gasteiger partial charge on any atom is -0.356 e. The number of nitro groups is 1. The lowest BCUT2D eigenvalue weighted by molar-refractivity contribution is -0.384. The summed E-state index contributed by atoms with van der Waals surface area (Å²) in [5, 5.41) is 15.5. The van der Waals surface area contributed by atoms with E-state index in [1.54, 1.807) is 12.1 Å². The summed E-state index contributed by atoms with van der Waals surface area (Å²) in [6, 6.07) is 25.1. The molecule has 0 radical (unpaired) electrons. The van der Waals surface area contributed by atoms with Crippen molar-refractivity contribution >= 4 is 22.5 Å². The fourth-order valence-corrected chi connectivity index (χ4v) is 4.74. The number of fused-ring (bicyclic) bond motifs is 1. The third-order valence-electron chi connectivity index (χ3n) is 6.62. The Balaban J connectivity index is 1.72. The second kappa shape index (κ2) is 12.2. The van der Waals surface area contributed by atoms with Crippen LogP contribution >= 0.6 is 0 Å². The summed E-state index contributed by atoms with van der Waals surface area (Å²) in [5.74, 6) is -0.224. The standard InChI is InChI=1S/C30H33N3O3/c1-2-3-4-11-18-31-30(34)20-26(24-14-9-6-10-15-24)28-22-32(21-23-12-7-5-8-13-23)29-17-16-25(33(35)36)19-27(28)29/h5-10,12-17,19,22,26H,2-4,11,18,20-21H2,1H3,(H,31,34)/t26-/m1/s1. The van der Waals surface area contributed by atoms with E-state index in [2.05, 4.69) is 35.1 Å². The minimum absolute atomic E-state index is 0.00487. The summed E-state index contributed by atoms with van der Waals surface area (Å²) in [5.41, 5.74) is 4.05. The van der Waals surface area contributed by atoms with Crippen LogP contribution in [0.1, 0.15) is 61.6 Å². The molecular weight excluding hydrogens is 450 g/mol. The van der Waals surface area contributed by atoms with Gasteiger partial charge in [0.2, 0.25) is 5.91 Å². The normalized spacial score (nSPS) is 11.9. The molecule has 0 aliphatic rings. The maximum Gasteiger partial charge on any atom is 0.270 e. The Morgan fingerprint density at radius 1 is 0.972 bits per heavy atom. The summed E-state index contributed by atoms with van der Waals surface area (Å²) >= 11 is 0. The SMILES string of the molecule is CCCCCCNC(=O)C[C@H](c1ccccc1)c1cn(Cc2ccccc2)c2ccc([N+](=O)[O-])cc12. The lowest BCUT2D eigenvalue weighted by atomic mass is 9.88. The number of carbonyl (C=O) groups is 1. The molecular formula is C30H33N3O3. The number of unbranched alkanes of at least 4 members (excludes halogenated alkanes) is 3. The van der Waals surface area contributed by atoms with Gasteiger partial charge in [-0.1, -0.05) is 86.8 Å². The largest absolute Gasteiger partial charge is 0.356 e. The summed E-state index contributed by atoms with van der Waals surface area (Å²) in [6.07, 6.45) is 6.75. The molecule has 4 rings (SSSR count). The quantitative estimate of drug-likeness (QED) is 0.136. The van der Waals surface area contributed by atoms with Crippen LogP contribution in [0.25, 0.3) is 10.9 Å². The van der Waals surface area contributed by atoms with Gasteiger partial charge in [-0.05, 0) is 29.2 Å². The Kier molecular flexibility index (Phi) is 8.50. The van der Waals surface area contributed by atoms with Gasteiger partial charge >= 0.3 is 0 Å². The van der Waals surface area contributed by atoms with Crippen LogP contribution in [0.2, 0.25) is 0 Å². The van der Waals surface area contributed by atoms with Crippen molar-refractivity contribution in [1.82, 2.24) is 9.88 Å². The molecule has 0 saturated heterocycles. The maximum absolute atomic E-state index is 13.0. The first-order valence-electron chi connectivity index (χ1n) is 12.7. The van der Waals surface area contributed by atoms with Gasteiger partial charge in [-0.3, -0.25) is 14.9 Å². The van der Waals surface area contributed by atoms with Crippen LogP contribution in [0.15, 0.2) is 85.1 Å². The molecule has 0 unspecified atom stereocenters. The average molecular weight is 484 g/mol. The highest BCUT2D eigenvalue weighted by molar-refractivity contribution is 5.88. The zero-order valence-electron chi connectivity index (χ0n) is 20.7. The van der Waals surface area contributed by atoms with Gasteiger partial charge in [-0.15, -0.1) is 0 Å². The summed E-state index contributed by atoms with van der Waals surface area (Å²) < 4.78 is 2.13. The Labute approximate surface area is 212 Å². The Hall–Kier alpha value is -3.93. The fourth-order valence-electron chi connectivity index (χ4n) is 4.74. The van der Waals surface area contributed by atoms with Crippen LogP contribution < -0.4 is 5.32 Å². The van der Waals surface area contributed by atoms with Crippen molar-refractivity contribution in [3.63, 3.8) is 0 Å². The minimum atomic E-state index is -0.363. The lowest BCUT2D eigenvalue weighted by Crippen LogP contribution is -2.26. The number of benzene rings is 3. The molecule has 3 aromatic carbocycles. The van der Waals surface area contributed by atoms with E-state index in [9.17, 15) is 14.9 Å². The van der Waals surface area contributed by atoms with Crippen molar-refractivity contribution in [1.29, 1.82) is 0 Å². The van der Waals surface area contributed by atoms with Crippen molar-refractivity contribution in [2.75, 3.05) is 6.54 Å². The van der Waals surface area contributed by atoms with Gasteiger partial charge in [0.05, 0.1) is 4.92 Å². The molecule has 0 spiro atoms. The van der Waals surface area contributed by atoms with Gasteiger partial charge < -0.3 is 9.88 Å². The first-order valence-corrected chi connectivity index (χ1v) is 12.7. The highest BCUT2D eigenvalue weighted by atomic mass is 16.6. The Morgan fingerprint density at radius 2 is 1.69 bits per heavy atom. The molecule has 0 saturated carbocycles. The second-order valence-electron chi connectivity index (χ2n) is 9.23. The maximum atomic E-state index is 13.0. The van der Waals surface area contributed by atoms with E-state index in [0.29, 0.717) is 13.1 Å². The van der Waals surface area contributed by atoms with E-state index in [4.69, 9.17) is 0 Å². The van der Waals surface area contributed by atoms with Crippen LogP contribution in [0.4, 0.5) is 5.69 Å². The van der Waals surface area contributed by atoms with Crippen LogP contribution in [-0.2, 0) is 11.3 Å². The Morgan fingerprint density at radius 3 is 2.39 bits per heavy atom. The third kappa shape index (κ3) is 6.19. The first-order chi connectivity index (χ1) is 17.6. The van der Waals surface area contributed by atoms with Crippen LogP contribution in [0.3, 0.4) is 0 Å². The van der Waals surface area contributed by atoms with E-state index in [0.717, 1.165) is 46.9 Å². The summed E-state index contributed by atoms with van der Waals surface area (Å²) in [6.45, 7) is 3.48. The van der Waals surface area contributed by atoms with Crippen molar-refractivity contribution in [2.24, 2.45) is 0 Å². The molecule has 1 amide bonds. The summed E-state index contributed by atoms with van der Waals surface area (Å²) in [7, 11) is 0. The van der Waals surface area contributed by atoms with Gasteiger partial charge in [0.15, 0.2) is 0 Å². The number of nitro benzene ring substituents is 1. The number of hydrogen-bond acceptors (Lipinski definition) is 3. The number of hydrogen-bond donors (Lipinski definition) is 1. The van der Waals surface area contributed by atoms with Gasteiger partial charge in [0.25, 0.3) is 5.69 Å².